The molecule has 15 heavy (non-hydrogen) atoms. The Bertz CT molecular complexity index is 539. The van der Waals surface area contributed by atoms with Gasteiger partial charge in [-0.3, -0.25) is 0 Å². The van der Waals surface area contributed by atoms with E-state index < -0.39 is 0 Å². The van der Waals surface area contributed by atoms with Crippen molar-refractivity contribution in [3.8, 4) is 11.9 Å². The smallest absolute Gasteiger partial charge is 0.153 e. The normalized spacial score (nSPS) is 9.93. The molecule has 0 aliphatic rings. The van der Waals surface area contributed by atoms with E-state index in [1.54, 1.807) is 29.9 Å². The lowest BCUT2D eigenvalue weighted by atomic mass is 10.2. The number of hydrogen-bond acceptors (Lipinski definition) is 3. The molecule has 0 N–H and O–H groups in total. The van der Waals surface area contributed by atoms with Crippen LogP contribution < -0.4 is 0 Å². The third kappa shape index (κ3) is 1.90. The molecule has 0 unspecified atom stereocenters. The zero-order valence-electron chi connectivity index (χ0n) is 7.98. The van der Waals surface area contributed by atoms with Crippen LogP contribution in [0.25, 0.3) is 5.82 Å². The zero-order valence-corrected chi connectivity index (χ0v) is 9.56. The van der Waals surface area contributed by atoms with Gasteiger partial charge in [0.15, 0.2) is 5.82 Å². The highest BCUT2D eigenvalue weighted by Crippen LogP contribution is 2.12. The van der Waals surface area contributed by atoms with Gasteiger partial charge in [0.2, 0.25) is 0 Å². The topological polar surface area (TPSA) is 54.5 Å². The van der Waals surface area contributed by atoms with E-state index in [1.165, 1.54) is 0 Å². The summed E-state index contributed by atoms with van der Waals surface area (Å²) in [5, 5.41) is 12.9. The molecule has 2 rings (SSSR count). The molecule has 0 saturated heterocycles. The highest BCUT2D eigenvalue weighted by molar-refractivity contribution is 9.10. The Balaban J connectivity index is 2.48. The minimum absolute atomic E-state index is 0.588. The number of aromatic nitrogens is 3. The molecule has 0 atom stereocenters. The first kappa shape index (κ1) is 9.87. The number of nitrogens with zero attached hydrogens (tertiary/aromatic N) is 4. The lowest BCUT2D eigenvalue weighted by Gasteiger charge is -2.02. The molecule has 2 aromatic rings. The number of aryl methyl sites for hydroxylation is 1. The lowest BCUT2D eigenvalue weighted by molar-refractivity contribution is 0.839. The third-order valence-electron chi connectivity index (χ3n) is 1.98. The molecule has 0 saturated carbocycles. The van der Waals surface area contributed by atoms with Gasteiger partial charge in [0, 0.05) is 6.20 Å². The van der Waals surface area contributed by atoms with Crippen LogP contribution in [0, 0.1) is 18.3 Å². The van der Waals surface area contributed by atoms with Gasteiger partial charge in [-0.05, 0) is 35.0 Å². The van der Waals surface area contributed by atoms with Gasteiger partial charge in [-0.15, -0.1) is 0 Å². The fraction of sp³-hybridized carbons (Fsp3) is 0.100. The molecular formula is C10H7BrN4. The van der Waals surface area contributed by atoms with Gasteiger partial charge in [-0.25, -0.2) is 9.67 Å². The summed E-state index contributed by atoms with van der Waals surface area (Å²) in [5.74, 6) is 0.706. The maximum Gasteiger partial charge on any atom is 0.153 e. The molecule has 0 aliphatic carbocycles. The van der Waals surface area contributed by atoms with Crippen LogP contribution in [0.2, 0.25) is 0 Å². The van der Waals surface area contributed by atoms with Crippen molar-refractivity contribution in [2.75, 3.05) is 0 Å². The predicted octanol–water partition coefficient (Wildman–Crippen LogP) is 2.21. The number of halogens is 1. The first-order chi connectivity index (χ1) is 7.20. The standard InChI is InChI=1S/C10H7BrN4/c1-7-8(4-12)2-3-10(14-7)15-6-9(11)5-13-15/h2-3,5-6H,1H3. The molecule has 0 radical (unpaired) electrons. The fourth-order valence-electron chi connectivity index (χ4n) is 1.22. The minimum Gasteiger partial charge on any atom is -0.233 e. The number of pyridine rings is 1. The third-order valence-corrected chi connectivity index (χ3v) is 2.39. The highest BCUT2D eigenvalue weighted by Gasteiger charge is 2.03. The molecule has 0 spiro atoms. The van der Waals surface area contributed by atoms with Gasteiger partial charge in [-0.2, -0.15) is 10.4 Å². The maximum absolute atomic E-state index is 8.76. The predicted molar refractivity (Wildman–Crippen MR) is 58.5 cm³/mol. The van der Waals surface area contributed by atoms with Gasteiger partial charge < -0.3 is 0 Å². The van der Waals surface area contributed by atoms with E-state index in [4.69, 9.17) is 5.26 Å². The SMILES string of the molecule is Cc1nc(-n2cc(Br)cn2)ccc1C#N. The van der Waals surface area contributed by atoms with E-state index in [0.29, 0.717) is 17.1 Å². The minimum atomic E-state index is 0.588. The van der Waals surface area contributed by atoms with Crippen molar-refractivity contribution >= 4 is 15.9 Å². The average Bonchev–Trinajstić information content (AvgIpc) is 2.65. The van der Waals surface area contributed by atoms with Crippen LogP contribution in [0.1, 0.15) is 11.3 Å². The summed E-state index contributed by atoms with van der Waals surface area (Å²) in [6.07, 6.45) is 3.50. The van der Waals surface area contributed by atoms with Crippen molar-refractivity contribution in [1.29, 1.82) is 5.26 Å². The monoisotopic (exact) mass is 262 g/mol. The molecule has 2 aromatic heterocycles. The van der Waals surface area contributed by atoms with Gasteiger partial charge in [0.25, 0.3) is 0 Å². The fourth-order valence-corrected chi connectivity index (χ4v) is 1.51. The van der Waals surface area contributed by atoms with Crippen LogP contribution >= 0.6 is 15.9 Å². The average molecular weight is 263 g/mol. The Hall–Kier alpha value is -1.67. The molecule has 4 nitrogen and oxygen atoms in total. The number of hydrogen-bond donors (Lipinski definition) is 0. The van der Waals surface area contributed by atoms with E-state index in [1.807, 2.05) is 6.20 Å². The second-order valence-electron chi connectivity index (χ2n) is 3.02. The summed E-state index contributed by atoms with van der Waals surface area (Å²) >= 11 is 3.31. The summed E-state index contributed by atoms with van der Waals surface area (Å²) in [6.45, 7) is 1.81. The first-order valence-corrected chi connectivity index (χ1v) is 5.08. The van der Waals surface area contributed by atoms with E-state index in [-0.39, 0.29) is 0 Å². The summed E-state index contributed by atoms with van der Waals surface area (Å²) in [7, 11) is 0. The summed E-state index contributed by atoms with van der Waals surface area (Å²) < 4.78 is 2.55. The van der Waals surface area contributed by atoms with Crippen LogP contribution in [-0.4, -0.2) is 14.8 Å². The van der Waals surface area contributed by atoms with Crippen molar-refractivity contribution in [3.63, 3.8) is 0 Å². The Morgan fingerprint density at radius 1 is 1.47 bits per heavy atom. The first-order valence-electron chi connectivity index (χ1n) is 4.29. The van der Waals surface area contributed by atoms with Crippen LogP contribution in [0.3, 0.4) is 0 Å². The molecule has 0 amide bonds. The van der Waals surface area contributed by atoms with Crippen LogP contribution in [-0.2, 0) is 0 Å². The van der Waals surface area contributed by atoms with Crippen molar-refractivity contribution in [1.82, 2.24) is 14.8 Å². The van der Waals surface area contributed by atoms with E-state index in [9.17, 15) is 0 Å². The van der Waals surface area contributed by atoms with Crippen LogP contribution in [0.5, 0.6) is 0 Å². The number of nitriles is 1. The summed E-state index contributed by atoms with van der Waals surface area (Å²) in [5.41, 5.74) is 1.30. The van der Waals surface area contributed by atoms with Gasteiger partial charge in [-0.1, -0.05) is 0 Å². The Labute approximate surface area is 95.3 Å². The second-order valence-corrected chi connectivity index (χ2v) is 3.93. The molecule has 74 valence electrons. The highest BCUT2D eigenvalue weighted by atomic mass is 79.9. The largest absolute Gasteiger partial charge is 0.233 e. The quantitative estimate of drug-likeness (QED) is 0.792. The van der Waals surface area contributed by atoms with Crippen molar-refractivity contribution in [3.05, 3.63) is 40.3 Å². The van der Waals surface area contributed by atoms with Gasteiger partial charge in [0.1, 0.15) is 6.07 Å². The van der Waals surface area contributed by atoms with Crippen molar-refractivity contribution in [2.24, 2.45) is 0 Å². The molecule has 0 aromatic carbocycles. The molecule has 5 heteroatoms. The van der Waals surface area contributed by atoms with E-state index in [2.05, 4.69) is 32.1 Å². The van der Waals surface area contributed by atoms with Crippen molar-refractivity contribution < 1.29 is 0 Å². The second kappa shape index (κ2) is 3.83. The maximum atomic E-state index is 8.76. The molecule has 0 fully saturated rings. The van der Waals surface area contributed by atoms with Crippen LogP contribution in [0.4, 0.5) is 0 Å². The molecule has 0 bridgehead atoms. The van der Waals surface area contributed by atoms with Crippen molar-refractivity contribution in [2.45, 2.75) is 6.92 Å². The Morgan fingerprint density at radius 2 is 2.27 bits per heavy atom. The van der Waals surface area contributed by atoms with E-state index in [0.717, 1.165) is 4.47 Å². The number of rotatable bonds is 1. The lowest BCUT2D eigenvalue weighted by Crippen LogP contribution is -2.00. The summed E-state index contributed by atoms with van der Waals surface area (Å²) in [6, 6.07) is 5.59. The van der Waals surface area contributed by atoms with Gasteiger partial charge in [0.05, 0.1) is 21.9 Å². The Kier molecular flexibility index (Phi) is 2.52. The molecule has 2 heterocycles. The van der Waals surface area contributed by atoms with Crippen LogP contribution in [0.15, 0.2) is 29.0 Å². The van der Waals surface area contributed by atoms with Gasteiger partial charge >= 0.3 is 0 Å². The van der Waals surface area contributed by atoms with E-state index >= 15 is 0 Å². The molecular weight excluding hydrogens is 256 g/mol. The Morgan fingerprint density at radius 3 is 2.80 bits per heavy atom. The summed E-state index contributed by atoms with van der Waals surface area (Å²) in [4.78, 5) is 4.28. The zero-order chi connectivity index (χ0) is 10.8. The molecule has 0 aliphatic heterocycles.